The summed E-state index contributed by atoms with van der Waals surface area (Å²) in [6.07, 6.45) is 5.34. The number of fused-ring (bicyclic) bond motifs is 3. The lowest BCUT2D eigenvalue weighted by Gasteiger charge is -2.15. The molecule has 172 valence electrons. The van der Waals surface area contributed by atoms with E-state index in [1.165, 1.54) is 24.1 Å². The van der Waals surface area contributed by atoms with E-state index in [9.17, 15) is 18.0 Å². The zero-order valence-electron chi connectivity index (χ0n) is 18.6. The summed E-state index contributed by atoms with van der Waals surface area (Å²) in [6, 6.07) is 12.9. The standard InChI is InChI=1S/C24H20N4O5S/c1-5-14-27(3)23(29)20-19-17-8-6-7-9-18(17)28(22(19)21(26-25-20)24(30)33-4)34(31,32)16-12-10-15(2)11-13-16/h1,6-13H,14H2,2-4H3. The molecule has 2 heterocycles. The molecule has 0 saturated heterocycles. The third-order valence-corrected chi connectivity index (χ3v) is 7.09. The number of hydrogen-bond donors (Lipinski definition) is 0. The van der Waals surface area contributed by atoms with Gasteiger partial charge in [-0.2, -0.15) is 0 Å². The van der Waals surface area contributed by atoms with Gasteiger partial charge in [0.1, 0.15) is 5.52 Å². The van der Waals surface area contributed by atoms with Gasteiger partial charge < -0.3 is 9.64 Å². The molecule has 4 rings (SSSR count). The molecular formula is C24H20N4O5S. The molecule has 0 aliphatic rings. The minimum absolute atomic E-state index is 0.00106. The van der Waals surface area contributed by atoms with Crippen LogP contribution in [0, 0.1) is 19.3 Å². The van der Waals surface area contributed by atoms with Crippen molar-refractivity contribution in [1.82, 2.24) is 19.1 Å². The molecule has 9 nitrogen and oxygen atoms in total. The number of rotatable bonds is 5. The van der Waals surface area contributed by atoms with E-state index < -0.39 is 21.9 Å². The summed E-state index contributed by atoms with van der Waals surface area (Å²) in [5.41, 5.74) is 0.578. The first kappa shape index (κ1) is 22.9. The van der Waals surface area contributed by atoms with Crippen LogP contribution in [0.25, 0.3) is 21.8 Å². The van der Waals surface area contributed by atoms with Gasteiger partial charge in [0.15, 0.2) is 11.4 Å². The lowest BCUT2D eigenvalue weighted by atomic mass is 10.1. The Kier molecular flexibility index (Phi) is 5.81. The third kappa shape index (κ3) is 3.56. The second-order valence-electron chi connectivity index (χ2n) is 7.58. The Morgan fingerprint density at radius 1 is 1.09 bits per heavy atom. The molecule has 2 aromatic heterocycles. The first-order valence-corrected chi connectivity index (χ1v) is 11.6. The van der Waals surface area contributed by atoms with Crippen molar-refractivity contribution in [2.45, 2.75) is 11.8 Å². The number of nitrogens with zero attached hydrogens (tertiary/aromatic N) is 4. The van der Waals surface area contributed by atoms with Crippen molar-refractivity contribution < 1.29 is 22.7 Å². The van der Waals surface area contributed by atoms with Gasteiger partial charge in [0.25, 0.3) is 15.9 Å². The van der Waals surface area contributed by atoms with E-state index in [4.69, 9.17) is 11.2 Å². The Bertz CT molecular complexity index is 1600. The van der Waals surface area contributed by atoms with Crippen LogP contribution < -0.4 is 0 Å². The van der Waals surface area contributed by atoms with E-state index in [0.717, 1.165) is 16.6 Å². The normalized spacial score (nSPS) is 11.4. The highest BCUT2D eigenvalue weighted by Gasteiger charge is 2.32. The number of hydrogen-bond acceptors (Lipinski definition) is 7. The highest BCUT2D eigenvalue weighted by atomic mass is 32.2. The van der Waals surface area contributed by atoms with Crippen LogP contribution in [0.1, 0.15) is 26.5 Å². The minimum atomic E-state index is -4.22. The van der Waals surface area contributed by atoms with Crippen molar-refractivity contribution >= 4 is 43.7 Å². The Morgan fingerprint density at radius 2 is 1.74 bits per heavy atom. The van der Waals surface area contributed by atoms with Gasteiger partial charge in [0.2, 0.25) is 0 Å². The van der Waals surface area contributed by atoms with Gasteiger partial charge in [-0.25, -0.2) is 17.2 Å². The smallest absolute Gasteiger partial charge is 0.360 e. The van der Waals surface area contributed by atoms with Crippen LogP contribution in [0.3, 0.4) is 0 Å². The predicted octanol–water partition coefficient (Wildman–Crippen LogP) is 2.62. The monoisotopic (exact) mass is 476 g/mol. The van der Waals surface area contributed by atoms with E-state index in [1.54, 1.807) is 36.4 Å². The molecule has 0 spiro atoms. The maximum Gasteiger partial charge on any atom is 0.360 e. The topological polar surface area (TPSA) is 111 Å². The maximum atomic E-state index is 13.9. The van der Waals surface area contributed by atoms with Gasteiger partial charge in [0, 0.05) is 17.8 Å². The van der Waals surface area contributed by atoms with Crippen LogP contribution in [-0.2, 0) is 14.8 Å². The van der Waals surface area contributed by atoms with Crippen LogP contribution in [-0.4, -0.2) is 60.1 Å². The Hall–Kier alpha value is -4.23. The highest BCUT2D eigenvalue weighted by Crippen LogP contribution is 2.35. The average molecular weight is 477 g/mol. The fraction of sp³-hybridized carbons (Fsp3) is 0.167. The predicted molar refractivity (Wildman–Crippen MR) is 126 cm³/mol. The zero-order chi connectivity index (χ0) is 24.6. The van der Waals surface area contributed by atoms with E-state index in [2.05, 4.69) is 16.1 Å². The number of esters is 1. The fourth-order valence-electron chi connectivity index (χ4n) is 3.70. The first-order chi connectivity index (χ1) is 16.2. The highest BCUT2D eigenvalue weighted by molar-refractivity contribution is 7.90. The molecule has 0 radical (unpaired) electrons. The summed E-state index contributed by atoms with van der Waals surface area (Å²) in [5, 5.41) is 8.47. The molecule has 0 unspecified atom stereocenters. The van der Waals surface area contributed by atoms with Crippen molar-refractivity contribution in [2.24, 2.45) is 0 Å². The number of ether oxygens (including phenoxy) is 1. The van der Waals surface area contributed by atoms with Gasteiger partial charge in [-0.05, 0) is 25.1 Å². The van der Waals surface area contributed by atoms with Crippen LogP contribution in [0.15, 0.2) is 53.4 Å². The molecule has 2 aromatic carbocycles. The van der Waals surface area contributed by atoms with Crippen LogP contribution in [0.2, 0.25) is 0 Å². The quantitative estimate of drug-likeness (QED) is 0.322. The maximum absolute atomic E-state index is 13.9. The number of aromatic nitrogens is 3. The van der Waals surface area contributed by atoms with Gasteiger partial charge in [-0.1, -0.05) is 41.8 Å². The molecule has 0 atom stereocenters. The minimum Gasteiger partial charge on any atom is -0.464 e. The number of methoxy groups -OCH3 is 1. The van der Waals surface area contributed by atoms with E-state index in [0.29, 0.717) is 5.39 Å². The van der Waals surface area contributed by atoms with Crippen molar-refractivity contribution in [1.29, 1.82) is 0 Å². The SMILES string of the molecule is C#CCN(C)C(=O)c1nnc(C(=O)OC)c2c1c1ccccc1n2S(=O)(=O)c1ccc(C)cc1. The van der Waals surface area contributed by atoms with Crippen molar-refractivity contribution in [3.63, 3.8) is 0 Å². The molecule has 0 saturated carbocycles. The molecule has 1 amide bonds. The second-order valence-corrected chi connectivity index (χ2v) is 9.36. The van der Waals surface area contributed by atoms with Crippen LogP contribution in [0.4, 0.5) is 0 Å². The number of amides is 1. The molecule has 0 aliphatic carbocycles. The number of carbonyl (C=O) groups is 2. The molecule has 4 aromatic rings. The number of terminal acetylenes is 1. The summed E-state index contributed by atoms with van der Waals surface area (Å²) in [4.78, 5) is 27.0. The summed E-state index contributed by atoms with van der Waals surface area (Å²) in [6.45, 7) is 1.84. The van der Waals surface area contributed by atoms with Gasteiger partial charge in [-0.15, -0.1) is 16.6 Å². The molecule has 10 heteroatoms. The molecule has 0 fully saturated rings. The average Bonchev–Trinajstić information content (AvgIpc) is 3.19. The zero-order valence-corrected chi connectivity index (χ0v) is 19.5. The Morgan fingerprint density at radius 3 is 2.38 bits per heavy atom. The molecule has 34 heavy (non-hydrogen) atoms. The number of aryl methyl sites for hydroxylation is 1. The van der Waals surface area contributed by atoms with Crippen molar-refractivity contribution in [3.05, 3.63) is 65.5 Å². The fourth-order valence-corrected chi connectivity index (χ4v) is 5.23. The number of carbonyl (C=O) groups excluding carboxylic acids is 2. The lowest BCUT2D eigenvalue weighted by molar-refractivity contribution is 0.0593. The summed E-state index contributed by atoms with van der Waals surface area (Å²) in [5.74, 6) is 0.920. The largest absolute Gasteiger partial charge is 0.464 e. The van der Waals surface area contributed by atoms with Crippen molar-refractivity contribution in [3.8, 4) is 12.3 Å². The first-order valence-electron chi connectivity index (χ1n) is 10.1. The van der Waals surface area contributed by atoms with Gasteiger partial charge in [0.05, 0.1) is 24.1 Å². The van der Waals surface area contributed by atoms with E-state index in [-0.39, 0.29) is 39.2 Å². The molecule has 0 N–H and O–H groups in total. The van der Waals surface area contributed by atoms with E-state index in [1.807, 2.05) is 6.92 Å². The van der Waals surface area contributed by atoms with Crippen LogP contribution >= 0.6 is 0 Å². The molecule has 0 aliphatic heterocycles. The van der Waals surface area contributed by atoms with Crippen LogP contribution in [0.5, 0.6) is 0 Å². The summed E-state index contributed by atoms with van der Waals surface area (Å²) >= 11 is 0. The Balaban J connectivity index is 2.19. The summed E-state index contributed by atoms with van der Waals surface area (Å²) < 4.78 is 33.6. The number of benzene rings is 2. The third-order valence-electron chi connectivity index (χ3n) is 5.36. The Labute approximate surface area is 196 Å². The van der Waals surface area contributed by atoms with Gasteiger partial charge >= 0.3 is 5.97 Å². The van der Waals surface area contributed by atoms with E-state index >= 15 is 0 Å². The van der Waals surface area contributed by atoms with Crippen molar-refractivity contribution in [2.75, 3.05) is 20.7 Å². The second kappa shape index (κ2) is 8.61. The summed E-state index contributed by atoms with van der Waals surface area (Å²) in [7, 11) is -1.58. The number of para-hydroxylation sites is 1. The lowest BCUT2D eigenvalue weighted by Crippen LogP contribution is -2.28. The molecular weight excluding hydrogens is 456 g/mol. The van der Waals surface area contributed by atoms with Gasteiger partial charge in [-0.3, -0.25) is 4.79 Å². The molecule has 0 bridgehead atoms.